The molecule has 0 saturated heterocycles. The number of hydrogen-bond donors (Lipinski definition) is 2. The van der Waals surface area contributed by atoms with Gasteiger partial charge in [-0.15, -0.1) is 0 Å². The van der Waals surface area contributed by atoms with Gasteiger partial charge in [0.2, 0.25) is 5.91 Å². The number of aliphatic hydroxyl groups is 1. The van der Waals surface area contributed by atoms with Crippen molar-refractivity contribution in [2.45, 2.75) is 26.8 Å². The molecule has 15 heavy (non-hydrogen) atoms. The van der Waals surface area contributed by atoms with Crippen molar-refractivity contribution in [1.82, 2.24) is 5.32 Å². The van der Waals surface area contributed by atoms with Gasteiger partial charge in [-0.05, 0) is 5.92 Å². The zero-order valence-corrected chi connectivity index (χ0v) is 9.61. The highest BCUT2D eigenvalue weighted by molar-refractivity contribution is 5.85. The summed E-state index contributed by atoms with van der Waals surface area (Å²) in [6.45, 7) is 5.14. The molecule has 88 valence electrons. The molecule has 0 spiro atoms. The van der Waals surface area contributed by atoms with E-state index in [4.69, 9.17) is 5.11 Å². The smallest absolute Gasteiger partial charge is 0.330 e. The maximum absolute atomic E-state index is 11.5. The van der Waals surface area contributed by atoms with Crippen molar-refractivity contribution in [3.8, 4) is 0 Å². The summed E-state index contributed by atoms with van der Waals surface area (Å²) < 4.78 is 4.43. The Morgan fingerprint density at radius 1 is 1.33 bits per heavy atom. The number of carbonyl (C=O) groups excluding carboxylic acids is 2. The van der Waals surface area contributed by atoms with Crippen LogP contribution in [0.15, 0.2) is 0 Å². The molecule has 2 N–H and O–H groups in total. The van der Waals surface area contributed by atoms with Gasteiger partial charge in [0.1, 0.15) is 0 Å². The highest BCUT2D eigenvalue weighted by atomic mass is 16.5. The van der Waals surface area contributed by atoms with Crippen molar-refractivity contribution in [2.24, 2.45) is 11.8 Å². The van der Waals surface area contributed by atoms with Crippen molar-refractivity contribution in [3.05, 3.63) is 0 Å². The third-order valence-electron chi connectivity index (χ3n) is 2.40. The Morgan fingerprint density at radius 3 is 2.20 bits per heavy atom. The predicted octanol–water partition coefficient (Wildman–Crippen LogP) is -0.0714. The minimum Gasteiger partial charge on any atom is -0.467 e. The van der Waals surface area contributed by atoms with E-state index >= 15 is 0 Å². The van der Waals surface area contributed by atoms with E-state index in [1.165, 1.54) is 7.11 Å². The molecule has 0 bridgehead atoms. The van der Waals surface area contributed by atoms with Crippen LogP contribution >= 0.6 is 0 Å². The highest BCUT2D eigenvalue weighted by Crippen LogP contribution is 2.09. The van der Waals surface area contributed by atoms with Crippen LogP contribution in [0.4, 0.5) is 0 Å². The lowest BCUT2D eigenvalue weighted by Crippen LogP contribution is -2.46. The molecule has 0 aliphatic carbocycles. The van der Waals surface area contributed by atoms with Crippen molar-refractivity contribution < 1.29 is 19.4 Å². The number of ether oxygens (including phenoxy) is 1. The van der Waals surface area contributed by atoms with Gasteiger partial charge < -0.3 is 15.2 Å². The molecule has 2 unspecified atom stereocenters. The fraction of sp³-hybridized carbons (Fsp3) is 0.800. The minimum absolute atomic E-state index is 0.182. The van der Waals surface area contributed by atoms with Gasteiger partial charge in [-0.2, -0.15) is 0 Å². The third kappa shape index (κ3) is 4.29. The fourth-order valence-corrected chi connectivity index (χ4v) is 0.927. The minimum atomic E-state index is -0.969. The van der Waals surface area contributed by atoms with Crippen LogP contribution in [-0.4, -0.2) is 36.7 Å². The Labute approximate surface area is 89.8 Å². The lowest BCUT2D eigenvalue weighted by Gasteiger charge is -2.19. The molecule has 0 aromatic heterocycles. The van der Waals surface area contributed by atoms with Crippen LogP contribution in [0.25, 0.3) is 0 Å². The van der Waals surface area contributed by atoms with Gasteiger partial charge in [0.25, 0.3) is 0 Å². The van der Waals surface area contributed by atoms with E-state index in [0.29, 0.717) is 0 Å². The molecule has 0 aromatic carbocycles. The van der Waals surface area contributed by atoms with E-state index < -0.39 is 18.6 Å². The van der Waals surface area contributed by atoms with E-state index in [1.807, 2.05) is 13.8 Å². The fourth-order valence-electron chi connectivity index (χ4n) is 0.927. The topological polar surface area (TPSA) is 75.6 Å². The zero-order valence-electron chi connectivity index (χ0n) is 9.61. The molecule has 1 amide bonds. The summed E-state index contributed by atoms with van der Waals surface area (Å²) >= 11 is 0. The van der Waals surface area contributed by atoms with Crippen LogP contribution in [0.5, 0.6) is 0 Å². The van der Waals surface area contributed by atoms with Gasteiger partial charge in [0.15, 0.2) is 6.04 Å². The second-order valence-electron chi connectivity index (χ2n) is 3.80. The van der Waals surface area contributed by atoms with E-state index in [2.05, 4.69) is 10.1 Å². The van der Waals surface area contributed by atoms with Gasteiger partial charge in [-0.1, -0.05) is 20.8 Å². The summed E-state index contributed by atoms with van der Waals surface area (Å²) in [6.07, 6.45) is 0. The summed E-state index contributed by atoms with van der Waals surface area (Å²) in [5, 5.41) is 11.3. The Balaban J connectivity index is 4.30. The largest absolute Gasteiger partial charge is 0.467 e. The van der Waals surface area contributed by atoms with Crippen molar-refractivity contribution in [1.29, 1.82) is 0 Å². The van der Waals surface area contributed by atoms with Crippen LogP contribution in [0.2, 0.25) is 0 Å². The summed E-state index contributed by atoms with van der Waals surface area (Å²) in [5.41, 5.74) is 0. The Hall–Kier alpha value is -1.10. The lowest BCUT2D eigenvalue weighted by molar-refractivity contribution is -0.146. The molecular formula is C10H19NO4. The number of hydrogen-bond acceptors (Lipinski definition) is 4. The van der Waals surface area contributed by atoms with Gasteiger partial charge in [0, 0.05) is 5.92 Å². The zero-order chi connectivity index (χ0) is 12.0. The maximum atomic E-state index is 11.5. The second-order valence-corrected chi connectivity index (χ2v) is 3.80. The molecule has 5 heteroatoms. The molecule has 0 aliphatic heterocycles. The van der Waals surface area contributed by atoms with E-state index in [1.54, 1.807) is 6.92 Å². The van der Waals surface area contributed by atoms with Crippen LogP contribution in [0, 0.1) is 11.8 Å². The SMILES string of the molecule is COC(=O)C(CO)NC(=O)C(C)C(C)C. The monoisotopic (exact) mass is 217 g/mol. The first-order valence-electron chi connectivity index (χ1n) is 4.93. The Bertz CT molecular complexity index is 227. The lowest BCUT2D eigenvalue weighted by atomic mass is 9.97. The number of amides is 1. The summed E-state index contributed by atoms with van der Waals surface area (Å²) in [5.74, 6) is -0.915. The quantitative estimate of drug-likeness (QED) is 0.632. The average Bonchev–Trinajstić information content (AvgIpc) is 2.22. The molecule has 2 atom stereocenters. The van der Waals surface area contributed by atoms with Gasteiger partial charge in [-0.3, -0.25) is 4.79 Å². The number of carbonyl (C=O) groups is 2. The molecule has 0 radical (unpaired) electrons. The van der Waals surface area contributed by atoms with Crippen molar-refractivity contribution >= 4 is 11.9 Å². The van der Waals surface area contributed by atoms with E-state index in [0.717, 1.165) is 0 Å². The molecule has 0 saturated carbocycles. The normalized spacial score (nSPS) is 14.5. The summed E-state index contributed by atoms with van der Waals surface area (Å²) in [4.78, 5) is 22.6. The third-order valence-corrected chi connectivity index (χ3v) is 2.40. The number of nitrogens with one attached hydrogen (secondary N) is 1. The molecule has 0 rings (SSSR count). The van der Waals surface area contributed by atoms with Gasteiger partial charge in [-0.25, -0.2) is 4.79 Å². The van der Waals surface area contributed by atoms with Crippen LogP contribution in [0.1, 0.15) is 20.8 Å². The van der Waals surface area contributed by atoms with Crippen molar-refractivity contribution in [2.75, 3.05) is 13.7 Å². The highest BCUT2D eigenvalue weighted by Gasteiger charge is 2.24. The van der Waals surface area contributed by atoms with Crippen LogP contribution in [-0.2, 0) is 14.3 Å². The number of aliphatic hydroxyl groups excluding tert-OH is 1. The first-order valence-corrected chi connectivity index (χ1v) is 4.93. The standard InChI is InChI=1S/C10H19NO4/c1-6(2)7(3)9(13)11-8(5-12)10(14)15-4/h6-8,12H,5H2,1-4H3,(H,11,13). The van der Waals surface area contributed by atoms with Crippen LogP contribution < -0.4 is 5.32 Å². The van der Waals surface area contributed by atoms with E-state index in [-0.39, 0.29) is 17.7 Å². The number of rotatable bonds is 5. The molecular weight excluding hydrogens is 198 g/mol. The predicted molar refractivity (Wildman–Crippen MR) is 55.0 cm³/mol. The van der Waals surface area contributed by atoms with E-state index in [9.17, 15) is 9.59 Å². The summed E-state index contributed by atoms with van der Waals surface area (Å²) in [7, 11) is 1.21. The number of esters is 1. The molecule has 0 heterocycles. The maximum Gasteiger partial charge on any atom is 0.330 e. The second kappa shape index (κ2) is 6.40. The summed E-state index contributed by atoms with van der Waals surface area (Å²) in [6, 6.07) is -0.969. The van der Waals surface area contributed by atoms with Crippen LogP contribution in [0.3, 0.4) is 0 Å². The van der Waals surface area contributed by atoms with Gasteiger partial charge in [0.05, 0.1) is 13.7 Å². The first kappa shape index (κ1) is 13.9. The first-order chi connectivity index (χ1) is 6.93. The average molecular weight is 217 g/mol. The Kier molecular flexibility index (Phi) is 5.93. The molecule has 0 aliphatic rings. The van der Waals surface area contributed by atoms with Crippen molar-refractivity contribution in [3.63, 3.8) is 0 Å². The molecule has 5 nitrogen and oxygen atoms in total. The molecule has 0 aromatic rings. The Morgan fingerprint density at radius 2 is 1.87 bits per heavy atom. The number of methoxy groups -OCH3 is 1. The van der Waals surface area contributed by atoms with Gasteiger partial charge >= 0.3 is 5.97 Å². The molecule has 0 fully saturated rings.